The number of fused-ring (bicyclic) bond motifs is 1. The number of carbonyl (C=O) groups is 2. The summed E-state index contributed by atoms with van der Waals surface area (Å²) in [5.41, 5.74) is -1.12. The second-order valence-corrected chi connectivity index (χ2v) is 5.39. The van der Waals surface area contributed by atoms with Crippen molar-refractivity contribution < 1.29 is 24.9 Å². The molecule has 2 aromatic heterocycles. The minimum Gasteiger partial charge on any atom is -0.494 e. The highest BCUT2D eigenvalue weighted by Crippen LogP contribution is 2.14. The molecule has 1 aromatic carbocycles. The van der Waals surface area contributed by atoms with Crippen LogP contribution in [0.5, 0.6) is 5.88 Å². The van der Waals surface area contributed by atoms with Gasteiger partial charge in [-0.05, 0) is 18.2 Å². The van der Waals surface area contributed by atoms with Crippen LogP contribution in [0.25, 0.3) is 10.9 Å². The summed E-state index contributed by atoms with van der Waals surface area (Å²) in [6, 6.07) is 6.48. The van der Waals surface area contributed by atoms with Gasteiger partial charge in [0.15, 0.2) is 5.88 Å². The zero-order valence-electron chi connectivity index (χ0n) is 12.8. The lowest BCUT2D eigenvalue weighted by molar-refractivity contribution is 0.0685. The minimum absolute atomic E-state index is 0.230. The van der Waals surface area contributed by atoms with E-state index in [1.807, 2.05) is 4.98 Å². The smallest absolute Gasteiger partial charge is 0.341 e. The number of pyridine rings is 2. The molecule has 0 radical (unpaired) electrons. The van der Waals surface area contributed by atoms with Crippen molar-refractivity contribution in [1.29, 1.82) is 0 Å². The van der Waals surface area contributed by atoms with Gasteiger partial charge in [0.05, 0.1) is 11.1 Å². The van der Waals surface area contributed by atoms with Crippen molar-refractivity contribution in [3.8, 4) is 5.88 Å². The average molecular weight is 379 g/mol. The number of H-pyrrole nitrogens is 2. The Morgan fingerprint density at radius 1 is 1.00 bits per heavy atom. The number of carboxylic acid groups (broad SMARTS) is 2. The van der Waals surface area contributed by atoms with E-state index in [4.69, 9.17) is 26.9 Å². The molecule has 0 spiro atoms. The van der Waals surface area contributed by atoms with Gasteiger partial charge in [0, 0.05) is 28.7 Å². The molecule has 0 saturated carbocycles. The average Bonchev–Trinajstić information content (AvgIpc) is 2.54. The molecule has 0 fully saturated rings. The molecule has 3 aromatic rings. The first-order valence-electron chi connectivity index (χ1n) is 6.90. The Hall–Kier alpha value is -3.59. The molecule has 0 bridgehead atoms. The summed E-state index contributed by atoms with van der Waals surface area (Å²) >= 11 is 5.73. The topological polar surface area (TPSA) is 161 Å². The highest BCUT2D eigenvalue weighted by molar-refractivity contribution is 6.31. The van der Waals surface area contributed by atoms with Crippen molar-refractivity contribution in [2.24, 2.45) is 0 Å². The summed E-state index contributed by atoms with van der Waals surface area (Å²) in [5.74, 6) is -2.94. The van der Waals surface area contributed by atoms with E-state index in [0.717, 1.165) is 12.1 Å². The number of aromatic carboxylic acids is 2. The third kappa shape index (κ3) is 4.28. The Labute approximate surface area is 149 Å². The highest BCUT2D eigenvalue weighted by Gasteiger charge is 2.11. The van der Waals surface area contributed by atoms with Gasteiger partial charge in [-0.2, -0.15) is 0 Å². The monoisotopic (exact) mass is 378 g/mol. The summed E-state index contributed by atoms with van der Waals surface area (Å²) in [6.07, 6.45) is 1.17. The molecule has 0 unspecified atom stereocenters. The van der Waals surface area contributed by atoms with Gasteiger partial charge < -0.3 is 20.3 Å². The van der Waals surface area contributed by atoms with Crippen molar-refractivity contribution in [2.45, 2.75) is 0 Å². The maximum absolute atomic E-state index is 11.6. The molecule has 3 rings (SSSR count). The van der Waals surface area contributed by atoms with E-state index < -0.39 is 28.8 Å². The van der Waals surface area contributed by atoms with Crippen LogP contribution in [-0.2, 0) is 0 Å². The molecule has 134 valence electrons. The summed E-state index contributed by atoms with van der Waals surface area (Å²) in [6.45, 7) is 0. The molecule has 0 saturated heterocycles. The molecule has 5 N–H and O–H groups in total. The summed E-state index contributed by atoms with van der Waals surface area (Å²) in [4.78, 5) is 47.8. The van der Waals surface area contributed by atoms with E-state index in [1.54, 1.807) is 12.1 Å². The van der Waals surface area contributed by atoms with Crippen LogP contribution in [-0.4, -0.2) is 37.2 Å². The van der Waals surface area contributed by atoms with E-state index in [2.05, 4.69) is 4.98 Å². The maximum atomic E-state index is 11.6. The largest absolute Gasteiger partial charge is 0.494 e. The number of hydrogen-bond donors (Lipinski definition) is 5. The van der Waals surface area contributed by atoms with E-state index >= 15 is 0 Å². The number of benzene rings is 1. The third-order valence-electron chi connectivity index (χ3n) is 3.15. The molecule has 0 atom stereocenters. The Morgan fingerprint density at radius 2 is 1.69 bits per heavy atom. The number of rotatable bonds is 2. The van der Waals surface area contributed by atoms with Crippen LogP contribution in [0.3, 0.4) is 0 Å². The SMILES string of the molecule is O=C(O)c1c[nH]c2cc(Cl)ccc2c1=O.O=C(O)c1cc(O)[nH]c(=O)c1. The van der Waals surface area contributed by atoms with Crippen LogP contribution in [0.2, 0.25) is 5.02 Å². The summed E-state index contributed by atoms with van der Waals surface area (Å²) in [5, 5.41) is 26.6. The number of hydrogen-bond acceptors (Lipinski definition) is 5. The van der Waals surface area contributed by atoms with E-state index in [9.17, 15) is 19.2 Å². The lowest BCUT2D eigenvalue weighted by Gasteiger charge is -1.99. The fraction of sp³-hybridized carbons (Fsp3) is 0. The maximum Gasteiger partial charge on any atom is 0.341 e. The Morgan fingerprint density at radius 3 is 2.27 bits per heavy atom. The summed E-state index contributed by atoms with van der Waals surface area (Å²) in [7, 11) is 0. The quantitative estimate of drug-likeness (QED) is 0.453. The fourth-order valence-electron chi connectivity index (χ4n) is 2.01. The van der Waals surface area contributed by atoms with Crippen LogP contribution >= 0.6 is 11.6 Å². The fourth-order valence-corrected chi connectivity index (χ4v) is 2.18. The minimum atomic E-state index is -1.24. The van der Waals surface area contributed by atoms with Crippen molar-refractivity contribution in [3.05, 3.63) is 73.3 Å². The Balaban J connectivity index is 0.000000197. The standard InChI is InChI=1S/C10H6ClNO3.C6H5NO4/c11-5-1-2-6-8(3-5)12-4-7(9(6)13)10(14)15;8-4-1-3(6(10)11)2-5(9)7-4/h1-4H,(H,12,13)(H,14,15);1-2H,(H,10,11)(H2,7,8,9). The molecular formula is C16H11ClN2O7. The first-order valence-corrected chi connectivity index (χ1v) is 7.27. The van der Waals surface area contributed by atoms with Gasteiger partial charge in [0.2, 0.25) is 5.43 Å². The van der Waals surface area contributed by atoms with Gasteiger partial charge in [-0.15, -0.1) is 0 Å². The van der Waals surface area contributed by atoms with Crippen molar-refractivity contribution in [2.75, 3.05) is 0 Å². The van der Waals surface area contributed by atoms with Crippen LogP contribution in [0, 0.1) is 0 Å². The van der Waals surface area contributed by atoms with E-state index in [1.165, 1.54) is 12.3 Å². The summed E-state index contributed by atoms with van der Waals surface area (Å²) < 4.78 is 0. The molecule has 9 nitrogen and oxygen atoms in total. The molecule has 0 aliphatic carbocycles. The first-order chi connectivity index (χ1) is 12.2. The second-order valence-electron chi connectivity index (χ2n) is 4.95. The second kappa shape index (κ2) is 7.53. The number of halogens is 1. The van der Waals surface area contributed by atoms with Gasteiger partial charge in [0.1, 0.15) is 5.56 Å². The van der Waals surface area contributed by atoms with Crippen LogP contribution in [0.1, 0.15) is 20.7 Å². The Kier molecular flexibility index (Phi) is 5.43. The molecule has 2 heterocycles. The molecule has 26 heavy (non-hydrogen) atoms. The van der Waals surface area contributed by atoms with Gasteiger partial charge in [-0.25, -0.2) is 9.59 Å². The first kappa shape index (κ1) is 18.7. The zero-order chi connectivity index (χ0) is 19.4. The highest BCUT2D eigenvalue weighted by atomic mass is 35.5. The van der Waals surface area contributed by atoms with Crippen LogP contribution in [0.4, 0.5) is 0 Å². The van der Waals surface area contributed by atoms with Crippen molar-refractivity contribution in [3.63, 3.8) is 0 Å². The predicted octanol–water partition coefficient (Wildman–Crippen LogP) is 1.66. The predicted molar refractivity (Wildman–Crippen MR) is 92.2 cm³/mol. The normalized spacial score (nSPS) is 10.0. The van der Waals surface area contributed by atoms with Crippen LogP contribution in [0.15, 0.2) is 46.1 Å². The van der Waals surface area contributed by atoms with Crippen molar-refractivity contribution >= 4 is 34.4 Å². The van der Waals surface area contributed by atoms with Gasteiger partial charge in [0.25, 0.3) is 5.56 Å². The lowest BCUT2D eigenvalue weighted by atomic mass is 10.1. The molecular weight excluding hydrogens is 368 g/mol. The number of carboxylic acids is 2. The molecule has 0 aliphatic rings. The van der Waals surface area contributed by atoms with Crippen molar-refractivity contribution in [1.82, 2.24) is 9.97 Å². The lowest BCUT2D eigenvalue weighted by Crippen LogP contribution is -2.15. The number of aromatic nitrogens is 2. The van der Waals surface area contributed by atoms with Gasteiger partial charge in [-0.1, -0.05) is 11.6 Å². The molecule has 0 amide bonds. The van der Waals surface area contributed by atoms with Gasteiger partial charge in [-0.3, -0.25) is 14.6 Å². The van der Waals surface area contributed by atoms with E-state index in [-0.39, 0.29) is 11.1 Å². The molecule has 10 heteroatoms. The van der Waals surface area contributed by atoms with E-state index in [0.29, 0.717) is 15.9 Å². The number of nitrogens with one attached hydrogen (secondary N) is 2. The molecule has 0 aliphatic heterocycles. The third-order valence-corrected chi connectivity index (χ3v) is 3.39. The number of aromatic amines is 2. The Bertz CT molecular complexity index is 1120. The number of aromatic hydroxyl groups is 1. The van der Waals surface area contributed by atoms with Crippen LogP contribution < -0.4 is 11.0 Å². The zero-order valence-corrected chi connectivity index (χ0v) is 13.6. The van der Waals surface area contributed by atoms with Gasteiger partial charge >= 0.3 is 11.9 Å².